The first-order valence-electron chi connectivity index (χ1n) is 5.58. The summed E-state index contributed by atoms with van der Waals surface area (Å²) in [5.74, 6) is -1.04. The third kappa shape index (κ3) is 2.73. The SMILES string of the molecule is O=C(O)c1ccccc1C(O)Cc1ccccn1. The van der Waals surface area contributed by atoms with E-state index in [-0.39, 0.29) is 5.56 Å². The number of carbonyl (C=O) groups is 1. The van der Waals surface area contributed by atoms with Crippen LogP contribution in [0.5, 0.6) is 0 Å². The third-order valence-corrected chi connectivity index (χ3v) is 2.68. The maximum atomic E-state index is 11.1. The Morgan fingerprint density at radius 2 is 1.89 bits per heavy atom. The molecule has 0 spiro atoms. The number of aliphatic hydroxyl groups excluding tert-OH is 1. The molecule has 92 valence electrons. The highest BCUT2D eigenvalue weighted by Crippen LogP contribution is 2.21. The molecule has 18 heavy (non-hydrogen) atoms. The third-order valence-electron chi connectivity index (χ3n) is 2.68. The molecule has 0 aliphatic heterocycles. The summed E-state index contributed by atoms with van der Waals surface area (Å²) in [5, 5.41) is 19.2. The Morgan fingerprint density at radius 1 is 1.17 bits per heavy atom. The number of nitrogens with zero attached hydrogens (tertiary/aromatic N) is 1. The average molecular weight is 243 g/mol. The van der Waals surface area contributed by atoms with Crippen LogP contribution in [-0.2, 0) is 6.42 Å². The van der Waals surface area contributed by atoms with Crippen LogP contribution in [0.3, 0.4) is 0 Å². The predicted molar refractivity (Wildman–Crippen MR) is 66.3 cm³/mol. The second kappa shape index (κ2) is 5.42. The molecule has 1 heterocycles. The van der Waals surface area contributed by atoms with Crippen molar-refractivity contribution in [2.24, 2.45) is 0 Å². The molecule has 2 N–H and O–H groups in total. The fourth-order valence-corrected chi connectivity index (χ4v) is 1.81. The zero-order valence-electron chi connectivity index (χ0n) is 9.65. The van der Waals surface area contributed by atoms with Crippen LogP contribution >= 0.6 is 0 Å². The zero-order chi connectivity index (χ0) is 13.0. The van der Waals surface area contributed by atoms with Crippen LogP contribution in [-0.4, -0.2) is 21.2 Å². The topological polar surface area (TPSA) is 70.4 Å². The van der Waals surface area contributed by atoms with Crippen molar-refractivity contribution in [3.05, 3.63) is 65.5 Å². The smallest absolute Gasteiger partial charge is 0.336 e. The van der Waals surface area contributed by atoms with Crippen molar-refractivity contribution in [3.63, 3.8) is 0 Å². The number of carboxylic acids is 1. The number of carboxylic acid groups (broad SMARTS) is 1. The fourth-order valence-electron chi connectivity index (χ4n) is 1.81. The van der Waals surface area contributed by atoms with Crippen molar-refractivity contribution in [3.8, 4) is 0 Å². The number of benzene rings is 1. The van der Waals surface area contributed by atoms with Gasteiger partial charge in [0.25, 0.3) is 0 Å². The van der Waals surface area contributed by atoms with Gasteiger partial charge >= 0.3 is 5.97 Å². The van der Waals surface area contributed by atoms with Crippen LogP contribution in [0.1, 0.15) is 27.7 Å². The van der Waals surface area contributed by atoms with Gasteiger partial charge in [-0.2, -0.15) is 0 Å². The normalized spacial score (nSPS) is 12.1. The summed E-state index contributed by atoms with van der Waals surface area (Å²) in [5.41, 5.74) is 1.27. The lowest BCUT2D eigenvalue weighted by molar-refractivity contribution is 0.0688. The molecular formula is C14H13NO3. The first kappa shape index (κ1) is 12.3. The largest absolute Gasteiger partial charge is 0.478 e. The number of pyridine rings is 1. The van der Waals surface area contributed by atoms with Gasteiger partial charge in [0.15, 0.2) is 0 Å². The van der Waals surface area contributed by atoms with E-state index in [9.17, 15) is 9.90 Å². The number of aromatic nitrogens is 1. The lowest BCUT2D eigenvalue weighted by atomic mass is 9.99. The van der Waals surface area contributed by atoms with Crippen LogP contribution in [0.25, 0.3) is 0 Å². The Hall–Kier alpha value is -2.20. The second-order valence-corrected chi connectivity index (χ2v) is 3.93. The summed E-state index contributed by atoms with van der Waals surface area (Å²) in [7, 11) is 0. The van der Waals surface area contributed by atoms with Crippen molar-refractivity contribution in [2.75, 3.05) is 0 Å². The van der Waals surface area contributed by atoms with Gasteiger partial charge in [-0.3, -0.25) is 4.98 Å². The van der Waals surface area contributed by atoms with Gasteiger partial charge in [-0.1, -0.05) is 24.3 Å². The summed E-state index contributed by atoms with van der Waals surface area (Å²) in [4.78, 5) is 15.2. The standard InChI is InChI=1S/C14H13NO3/c16-13(9-10-5-3-4-8-15-10)11-6-1-2-7-12(11)14(17)18/h1-8,13,16H,9H2,(H,17,18). The average Bonchev–Trinajstić information content (AvgIpc) is 2.40. The maximum Gasteiger partial charge on any atom is 0.336 e. The second-order valence-electron chi connectivity index (χ2n) is 3.93. The predicted octanol–water partition coefficient (Wildman–Crippen LogP) is 2.06. The summed E-state index contributed by atoms with van der Waals surface area (Å²) in [6.07, 6.45) is 1.07. The van der Waals surface area contributed by atoms with E-state index in [0.29, 0.717) is 12.0 Å². The van der Waals surface area contributed by atoms with Crippen LogP contribution in [0.2, 0.25) is 0 Å². The van der Waals surface area contributed by atoms with Crippen molar-refractivity contribution in [2.45, 2.75) is 12.5 Å². The highest BCUT2D eigenvalue weighted by Gasteiger charge is 2.16. The van der Waals surface area contributed by atoms with E-state index >= 15 is 0 Å². The molecule has 1 unspecified atom stereocenters. The molecule has 0 saturated carbocycles. The van der Waals surface area contributed by atoms with E-state index in [4.69, 9.17) is 5.11 Å². The monoisotopic (exact) mass is 243 g/mol. The first-order chi connectivity index (χ1) is 8.68. The minimum Gasteiger partial charge on any atom is -0.478 e. The van der Waals surface area contributed by atoms with Crippen molar-refractivity contribution >= 4 is 5.97 Å². The van der Waals surface area contributed by atoms with Crippen LogP contribution < -0.4 is 0 Å². The van der Waals surface area contributed by atoms with Crippen LogP contribution in [0, 0.1) is 0 Å². The van der Waals surface area contributed by atoms with Gasteiger partial charge in [0.1, 0.15) is 0 Å². The molecule has 1 aromatic carbocycles. The van der Waals surface area contributed by atoms with Gasteiger partial charge in [-0.05, 0) is 23.8 Å². The number of aliphatic hydroxyl groups is 1. The lowest BCUT2D eigenvalue weighted by Crippen LogP contribution is -2.09. The fraction of sp³-hybridized carbons (Fsp3) is 0.143. The molecule has 0 aliphatic rings. The van der Waals surface area contributed by atoms with Crippen LogP contribution in [0.4, 0.5) is 0 Å². The van der Waals surface area contributed by atoms with Gasteiger partial charge in [0.2, 0.25) is 0 Å². The Kier molecular flexibility index (Phi) is 3.69. The molecule has 1 atom stereocenters. The lowest BCUT2D eigenvalue weighted by Gasteiger charge is -2.13. The molecular weight excluding hydrogens is 230 g/mol. The van der Waals surface area contributed by atoms with E-state index in [1.165, 1.54) is 6.07 Å². The van der Waals surface area contributed by atoms with Gasteiger partial charge in [-0.15, -0.1) is 0 Å². The van der Waals surface area contributed by atoms with Gasteiger partial charge < -0.3 is 10.2 Å². The van der Waals surface area contributed by atoms with E-state index < -0.39 is 12.1 Å². The van der Waals surface area contributed by atoms with E-state index in [0.717, 1.165) is 5.69 Å². The molecule has 0 aliphatic carbocycles. The Morgan fingerprint density at radius 3 is 2.56 bits per heavy atom. The van der Waals surface area contributed by atoms with Gasteiger partial charge in [-0.25, -0.2) is 4.79 Å². The molecule has 0 saturated heterocycles. The Balaban J connectivity index is 2.24. The highest BCUT2D eigenvalue weighted by molar-refractivity contribution is 5.89. The molecule has 1 aromatic heterocycles. The highest BCUT2D eigenvalue weighted by atomic mass is 16.4. The van der Waals surface area contributed by atoms with Crippen LogP contribution in [0.15, 0.2) is 48.7 Å². The minimum atomic E-state index is -1.04. The molecule has 0 fully saturated rings. The minimum absolute atomic E-state index is 0.126. The Labute approximate surface area is 105 Å². The van der Waals surface area contributed by atoms with E-state index in [2.05, 4.69) is 4.98 Å². The molecule has 4 nitrogen and oxygen atoms in total. The molecule has 0 radical (unpaired) electrons. The summed E-state index contributed by atoms with van der Waals surface area (Å²) < 4.78 is 0. The number of hydrogen-bond donors (Lipinski definition) is 2. The van der Waals surface area contributed by atoms with Gasteiger partial charge in [0, 0.05) is 18.3 Å². The van der Waals surface area contributed by atoms with Crippen molar-refractivity contribution < 1.29 is 15.0 Å². The first-order valence-corrected chi connectivity index (χ1v) is 5.58. The summed E-state index contributed by atoms with van der Waals surface area (Å²) in [6, 6.07) is 11.9. The Bertz CT molecular complexity index is 540. The molecule has 4 heteroatoms. The molecule has 2 rings (SSSR count). The van der Waals surface area contributed by atoms with Crippen molar-refractivity contribution in [1.82, 2.24) is 4.98 Å². The van der Waals surface area contributed by atoms with Gasteiger partial charge in [0.05, 0.1) is 11.7 Å². The summed E-state index contributed by atoms with van der Waals surface area (Å²) >= 11 is 0. The van der Waals surface area contributed by atoms with E-state index in [1.807, 2.05) is 6.07 Å². The number of hydrogen-bond acceptors (Lipinski definition) is 3. The molecule has 2 aromatic rings. The zero-order valence-corrected chi connectivity index (χ0v) is 9.65. The maximum absolute atomic E-state index is 11.1. The quantitative estimate of drug-likeness (QED) is 0.862. The summed E-state index contributed by atoms with van der Waals surface area (Å²) in [6.45, 7) is 0. The van der Waals surface area contributed by atoms with E-state index in [1.54, 1.807) is 36.5 Å². The van der Waals surface area contributed by atoms with Crippen molar-refractivity contribution in [1.29, 1.82) is 0 Å². The number of rotatable bonds is 4. The number of aromatic carboxylic acids is 1. The molecule has 0 amide bonds. The molecule has 0 bridgehead atoms.